The molecule has 1 aromatic carbocycles. The molecule has 0 saturated carbocycles. The Morgan fingerprint density at radius 3 is 2.17 bits per heavy atom. The van der Waals surface area contributed by atoms with Gasteiger partial charge in [-0.25, -0.2) is 10.1 Å². The van der Waals surface area contributed by atoms with E-state index in [1.54, 1.807) is 12.1 Å². The number of hydrogen-bond acceptors (Lipinski definition) is 5. The normalized spacial score (nSPS) is 14.7. The van der Waals surface area contributed by atoms with Crippen molar-refractivity contribution in [3.05, 3.63) is 45.5 Å². The molecule has 0 aromatic heterocycles. The molecule has 1 heterocycles. The van der Waals surface area contributed by atoms with Gasteiger partial charge in [-0.3, -0.25) is 9.59 Å². The van der Waals surface area contributed by atoms with Crippen LogP contribution in [0.4, 0.5) is 0 Å². The fourth-order valence-corrected chi connectivity index (χ4v) is 1.61. The van der Waals surface area contributed by atoms with Crippen molar-refractivity contribution in [2.45, 2.75) is 0 Å². The summed E-state index contributed by atoms with van der Waals surface area (Å²) in [6.07, 6.45) is 0. The lowest BCUT2D eigenvalue weighted by molar-refractivity contribution is -0.486. The molecule has 92 valence electrons. The van der Waals surface area contributed by atoms with E-state index in [-0.39, 0.29) is 11.1 Å². The molecule has 0 radical (unpaired) electrons. The molecule has 0 atom stereocenters. The number of rotatable bonds is 1. The second-order valence-corrected chi connectivity index (χ2v) is 3.32. The number of carbonyl (C=O) groups excluding carboxylic acids is 2. The lowest BCUT2D eigenvalue weighted by Crippen LogP contribution is -2.37. The minimum atomic E-state index is -1.04. The number of nitrogens with zero attached hydrogens (tertiary/aromatic N) is 3. The van der Waals surface area contributed by atoms with Gasteiger partial charge < -0.3 is 4.74 Å². The van der Waals surface area contributed by atoms with Gasteiger partial charge in [0.05, 0.1) is 18.2 Å². The number of hydrazone groups is 1. The average Bonchev–Trinajstić information content (AvgIpc) is 2.60. The Kier molecular flexibility index (Phi) is 2.76. The summed E-state index contributed by atoms with van der Waals surface area (Å²) in [4.78, 5) is 34.7. The summed E-state index contributed by atoms with van der Waals surface area (Å²) in [5.41, 5.74) is 0.325. The number of nitro groups is 1. The summed E-state index contributed by atoms with van der Waals surface area (Å²) >= 11 is 0. The van der Waals surface area contributed by atoms with Crippen molar-refractivity contribution in [1.82, 2.24) is 4.90 Å². The molecule has 2 amide bonds. The van der Waals surface area contributed by atoms with Gasteiger partial charge in [0.25, 0.3) is 11.8 Å². The van der Waals surface area contributed by atoms with Crippen molar-refractivity contribution >= 4 is 17.8 Å². The van der Waals surface area contributed by atoms with Gasteiger partial charge in [0.2, 0.25) is 0 Å². The van der Waals surface area contributed by atoms with E-state index in [0.717, 1.165) is 7.11 Å². The van der Waals surface area contributed by atoms with Crippen molar-refractivity contribution in [2.24, 2.45) is 5.10 Å². The molecule has 8 nitrogen and oxygen atoms in total. The second-order valence-electron chi connectivity index (χ2n) is 3.32. The first-order chi connectivity index (χ1) is 8.56. The van der Waals surface area contributed by atoms with Crippen molar-refractivity contribution in [3.63, 3.8) is 0 Å². The second kappa shape index (κ2) is 4.24. The Bertz CT molecular complexity index is 546. The maximum Gasteiger partial charge on any atom is 0.375 e. The maximum absolute atomic E-state index is 11.9. The summed E-state index contributed by atoms with van der Waals surface area (Å²) in [5.74, 6) is -1.39. The van der Waals surface area contributed by atoms with Gasteiger partial charge in [-0.15, -0.1) is 0 Å². The zero-order valence-corrected chi connectivity index (χ0v) is 9.19. The summed E-state index contributed by atoms with van der Waals surface area (Å²) < 4.78 is 4.61. The van der Waals surface area contributed by atoms with E-state index in [1.807, 2.05) is 0 Å². The molecule has 1 aromatic rings. The number of ether oxygens (including phenoxy) is 1. The molecule has 18 heavy (non-hydrogen) atoms. The van der Waals surface area contributed by atoms with Gasteiger partial charge in [0, 0.05) is 0 Å². The highest BCUT2D eigenvalue weighted by molar-refractivity contribution is 6.28. The highest BCUT2D eigenvalue weighted by Crippen LogP contribution is 2.22. The first-order valence-electron chi connectivity index (χ1n) is 4.81. The highest BCUT2D eigenvalue weighted by atomic mass is 16.7. The van der Waals surface area contributed by atoms with Crippen LogP contribution < -0.4 is 0 Å². The van der Waals surface area contributed by atoms with Crippen LogP contribution in [-0.4, -0.2) is 34.9 Å². The number of amides is 2. The van der Waals surface area contributed by atoms with Crippen LogP contribution in [0.15, 0.2) is 29.4 Å². The standard InChI is InChI=1S/C10H7N3O5/c1-18-10(11-13(16)17)12-8(14)6-4-2-3-5-7(6)9(12)15/h2-5H,1H3. The largest absolute Gasteiger partial charge is 0.464 e. The van der Waals surface area contributed by atoms with Crippen LogP contribution in [0.3, 0.4) is 0 Å². The Balaban J connectivity index is 2.48. The van der Waals surface area contributed by atoms with Gasteiger partial charge in [-0.1, -0.05) is 12.1 Å². The van der Waals surface area contributed by atoms with Gasteiger partial charge in [-0.2, -0.15) is 4.90 Å². The van der Waals surface area contributed by atoms with Crippen LogP contribution >= 0.6 is 0 Å². The lowest BCUT2D eigenvalue weighted by Gasteiger charge is -2.11. The molecule has 0 saturated heterocycles. The zero-order valence-electron chi connectivity index (χ0n) is 9.19. The topological polar surface area (TPSA) is 102 Å². The molecule has 2 rings (SSSR count). The van der Waals surface area contributed by atoms with Crippen LogP contribution in [0.2, 0.25) is 0 Å². The van der Waals surface area contributed by atoms with Crippen molar-refractivity contribution in [1.29, 1.82) is 0 Å². The molecular weight excluding hydrogens is 242 g/mol. The number of methoxy groups -OCH3 is 1. The number of benzene rings is 1. The average molecular weight is 249 g/mol. The Hall–Kier alpha value is -2.77. The predicted molar refractivity (Wildman–Crippen MR) is 58.4 cm³/mol. The molecule has 0 spiro atoms. The Labute approximate surface area is 101 Å². The van der Waals surface area contributed by atoms with E-state index >= 15 is 0 Å². The fraction of sp³-hybridized carbons (Fsp3) is 0.100. The van der Waals surface area contributed by atoms with Gasteiger partial charge >= 0.3 is 6.02 Å². The Morgan fingerprint density at radius 1 is 1.28 bits per heavy atom. The molecule has 0 bridgehead atoms. The number of carbonyl (C=O) groups is 2. The third-order valence-corrected chi connectivity index (χ3v) is 2.34. The molecule has 8 heteroatoms. The van der Waals surface area contributed by atoms with E-state index < -0.39 is 22.9 Å². The smallest absolute Gasteiger partial charge is 0.375 e. The van der Waals surface area contributed by atoms with Crippen LogP contribution in [0.1, 0.15) is 20.7 Å². The summed E-state index contributed by atoms with van der Waals surface area (Å²) in [6.45, 7) is 0. The third-order valence-electron chi connectivity index (χ3n) is 2.34. The molecule has 0 N–H and O–H groups in total. The Morgan fingerprint density at radius 2 is 1.78 bits per heavy atom. The number of hydrogen-bond donors (Lipinski definition) is 0. The maximum atomic E-state index is 11.9. The van der Waals surface area contributed by atoms with Crippen LogP contribution in [0.5, 0.6) is 0 Å². The monoisotopic (exact) mass is 249 g/mol. The number of imide groups is 1. The SMILES string of the molecule is COC(=N[N+](=O)[O-])N1C(=O)c2ccccc2C1=O. The van der Waals surface area contributed by atoms with E-state index in [2.05, 4.69) is 9.84 Å². The molecule has 0 fully saturated rings. The van der Waals surface area contributed by atoms with Gasteiger partial charge in [0.1, 0.15) is 5.10 Å². The highest BCUT2D eigenvalue weighted by Gasteiger charge is 2.40. The quantitative estimate of drug-likeness (QED) is 0.237. The zero-order chi connectivity index (χ0) is 13.3. The third kappa shape index (κ3) is 1.69. The van der Waals surface area contributed by atoms with Crippen LogP contribution in [0.25, 0.3) is 0 Å². The van der Waals surface area contributed by atoms with Crippen LogP contribution in [-0.2, 0) is 4.74 Å². The summed E-state index contributed by atoms with van der Waals surface area (Å²) in [7, 11) is 1.09. The van der Waals surface area contributed by atoms with Crippen molar-refractivity contribution in [2.75, 3.05) is 7.11 Å². The van der Waals surface area contributed by atoms with Gasteiger partial charge in [0.15, 0.2) is 5.03 Å². The van der Waals surface area contributed by atoms with Gasteiger partial charge in [-0.05, 0) is 12.1 Å². The van der Waals surface area contributed by atoms with E-state index in [9.17, 15) is 19.7 Å². The van der Waals surface area contributed by atoms with E-state index in [0.29, 0.717) is 4.90 Å². The van der Waals surface area contributed by atoms with E-state index in [1.165, 1.54) is 12.1 Å². The van der Waals surface area contributed by atoms with Crippen LogP contribution in [0, 0.1) is 10.1 Å². The molecule has 0 aliphatic carbocycles. The predicted octanol–water partition coefficient (Wildman–Crippen LogP) is 0.477. The van der Waals surface area contributed by atoms with Crippen molar-refractivity contribution < 1.29 is 19.4 Å². The minimum Gasteiger partial charge on any atom is -0.464 e. The molecule has 1 aliphatic rings. The van der Waals surface area contributed by atoms with Crippen molar-refractivity contribution in [3.8, 4) is 0 Å². The number of fused-ring (bicyclic) bond motifs is 1. The fourth-order valence-electron chi connectivity index (χ4n) is 1.61. The summed E-state index contributed by atoms with van der Waals surface area (Å²) in [5, 5.41) is 12.1. The molecular formula is C10H7N3O5. The van der Waals surface area contributed by atoms with E-state index in [4.69, 9.17) is 0 Å². The summed E-state index contributed by atoms with van der Waals surface area (Å²) in [6, 6.07) is 5.42. The number of amidine groups is 1. The molecule has 1 aliphatic heterocycles. The molecule has 0 unspecified atom stereocenters. The first-order valence-corrected chi connectivity index (χ1v) is 4.81. The lowest BCUT2D eigenvalue weighted by atomic mass is 10.1. The minimum absolute atomic E-state index is 0.163. The first kappa shape index (κ1) is 11.7.